The molecule has 0 saturated carbocycles. The van der Waals surface area contributed by atoms with Gasteiger partial charge in [-0.05, 0) is 6.42 Å². The Morgan fingerprint density at radius 2 is 1.56 bits per heavy atom. The average molecular weight is 481 g/mol. The number of oxime groups is 1. The first-order valence-corrected chi connectivity index (χ1v) is 7.55. The van der Waals surface area contributed by atoms with Crippen LogP contribution < -0.4 is 0 Å². The number of terminal acetylenes is 1. The first kappa shape index (κ1) is 35.6. The van der Waals surface area contributed by atoms with Crippen molar-refractivity contribution in [1.29, 1.82) is 0 Å². The number of rotatable bonds is 3. The number of aryl methyl sites for hydroxylation is 1. The minimum absolute atomic E-state index is 0. The van der Waals surface area contributed by atoms with Gasteiger partial charge in [0.25, 0.3) is 0 Å². The first-order chi connectivity index (χ1) is 15.1. The van der Waals surface area contributed by atoms with Gasteiger partial charge in [0.1, 0.15) is 27.5 Å². The molecule has 0 aliphatic heterocycles. The zero-order chi connectivity index (χ0) is 25.9. The molecule has 2 aromatic heterocycles. The van der Waals surface area contributed by atoms with E-state index in [1.807, 2.05) is 13.8 Å². The van der Waals surface area contributed by atoms with Crippen molar-refractivity contribution in [2.24, 2.45) is 5.16 Å². The molecule has 2 rings (SSSR count). The van der Waals surface area contributed by atoms with Crippen molar-refractivity contribution in [1.82, 2.24) is 10.3 Å². The van der Waals surface area contributed by atoms with Crippen LogP contribution in [-0.2, 0) is 25.6 Å². The highest BCUT2D eigenvalue weighted by atomic mass is 35.5. The third-order valence-corrected chi connectivity index (χ3v) is 2.30. The van der Waals surface area contributed by atoms with E-state index in [9.17, 15) is 4.79 Å². The zero-order valence-electron chi connectivity index (χ0n) is 18.7. The summed E-state index contributed by atoms with van der Waals surface area (Å²) < 4.78 is 28.2. The Bertz CT molecular complexity index is 872. The van der Waals surface area contributed by atoms with Crippen molar-refractivity contribution in [3.8, 4) is 12.8 Å². The molecule has 0 amide bonds. The van der Waals surface area contributed by atoms with Gasteiger partial charge >= 0.3 is 12.3 Å². The van der Waals surface area contributed by atoms with Crippen molar-refractivity contribution < 1.29 is 42.3 Å². The molecule has 0 spiro atoms. The van der Waals surface area contributed by atoms with Crippen LogP contribution in [0.3, 0.4) is 0 Å². The lowest BCUT2D eigenvalue weighted by Crippen LogP contribution is -1.89. The van der Waals surface area contributed by atoms with Crippen LogP contribution >= 0.6 is 11.6 Å². The number of nitrogens with zero attached hydrogens (tertiary/aromatic N) is 3. The largest absolute Gasteiger partial charge is 0.410 e. The fourth-order valence-electron chi connectivity index (χ4n) is 0.793. The van der Waals surface area contributed by atoms with Crippen molar-refractivity contribution in [2.75, 3.05) is 0 Å². The number of Topliss-reactive ketones (excluding diaryl/α,β-unsaturated/α-hetero) is 1. The third-order valence-electron chi connectivity index (χ3n) is 1.96. The Hall–Kier alpha value is -3.83. The number of hydrogen-bond acceptors (Lipinski definition) is 11. The summed E-state index contributed by atoms with van der Waals surface area (Å²) in [5.41, 5.74) is 1.05. The molecular weight excluding hydrogens is 446 g/mol. The maximum atomic E-state index is 10.5. The van der Waals surface area contributed by atoms with E-state index in [0.717, 1.165) is 12.1 Å². The van der Waals surface area contributed by atoms with Gasteiger partial charge in [0.15, 0.2) is 5.78 Å². The quantitative estimate of drug-likeness (QED) is 0.216. The number of carbonyl (C=O) groups is 1. The highest BCUT2D eigenvalue weighted by Crippen LogP contribution is 1.93. The zero-order valence-corrected chi connectivity index (χ0v) is 16.4. The van der Waals surface area contributed by atoms with Gasteiger partial charge in [-0.1, -0.05) is 63.2 Å². The Morgan fingerprint density at radius 3 is 1.69 bits per heavy atom. The lowest BCUT2D eigenvalue weighted by molar-refractivity contribution is -0.193. The monoisotopic (exact) mass is 480 g/mol. The van der Waals surface area contributed by atoms with Gasteiger partial charge in [-0.2, -0.15) is 19.2 Å². The molecular formula is C20H32ClN3O8. The summed E-state index contributed by atoms with van der Waals surface area (Å²) >= 11 is 5.15. The molecule has 0 radical (unpaired) electrons. The number of ketones is 1. The normalized spacial score (nSPS) is 8.22. The van der Waals surface area contributed by atoms with Crippen LogP contribution in [0.5, 0.6) is 0 Å². The third kappa shape index (κ3) is 40.8. The second-order valence-corrected chi connectivity index (χ2v) is 4.11. The predicted octanol–water partition coefficient (Wildman–Crippen LogP) is 4.53. The van der Waals surface area contributed by atoms with Crippen molar-refractivity contribution in [3.63, 3.8) is 0 Å². The van der Waals surface area contributed by atoms with Gasteiger partial charge in [-0.25, -0.2) is 0 Å². The molecule has 32 heavy (non-hydrogen) atoms. The fraction of sp³-hybridized carbons (Fsp3) is 0.400. The lowest BCUT2D eigenvalue weighted by atomic mass is 10.3. The molecule has 182 valence electrons. The maximum Gasteiger partial charge on any atom is 0.373 e. The van der Waals surface area contributed by atoms with E-state index in [4.69, 9.17) is 40.1 Å². The van der Waals surface area contributed by atoms with Crippen molar-refractivity contribution in [2.45, 2.75) is 55.9 Å². The van der Waals surface area contributed by atoms with Crippen LogP contribution in [0.2, 0.25) is 0 Å². The second-order valence-electron chi connectivity index (χ2n) is 3.67. The Labute approximate surface area is 198 Å². The Kier molecular flexibility index (Phi) is 46.2. The van der Waals surface area contributed by atoms with Crippen LogP contribution in [0.25, 0.3) is 0 Å². The van der Waals surface area contributed by atoms with E-state index >= 15 is 0 Å². The molecule has 2 aromatic rings. The second kappa shape index (κ2) is 41.5. The number of hydrogen-bond donors (Lipinski definition) is 1. The number of aromatic nitrogens is 2. The van der Waals surface area contributed by atoms with Crippen molar-refractivity contribution >= 4 is 34.9 Å². The van der Waals surface area contributed by atoms with Gasteiger partial charge < -0.3 is 14.3 Å². The minimum atomic E-state index is -0.183. The standard InChI is InChI=1S/C5H5NO2.C5H7NO.C3H6ClNO.C2H2.2CO2.3CH4/c1-4(7)5-2-3-8-6-5;1-2-5-3-4-7-6-5;1-2-3(4)5-6;1-2;2*2-1-3;;;/h2-3H,1H3;3-4H,2H2,1H3;6H,2H2,1H3;1-2H;;;3*1H4/b;;5-3-;;;;;;/i3D;4D;;1D;;;;;. The van der Waals surface area contributed by atoms with Crippen LogP contribution in [0, 0.1) is 12.8 Å². The van der Waals surface area contributed by atoms with Crippen LogP contribution in [-0.4, -0.2) is 38.8 Å². The topological polar surface area (TPSA) is 170 Å². The SMILES string of the molecule is C.C.C.CC/C(Cl)=N/O.O=C=O.O=C=O.[2H]C#C.[2H]c1cc(C(C)=O)no1.[2H]c1cc(CC)no1. The number of halogens is 1. The van der Waals surface area contributed by atoms with Crippen LogP contribution in [0.4, 0.5) is 0 Å². The molecule has 0 fully saturated rings. The molecule has 12 heteroatoms. The van der Waals surface area contributed by atoms with Gasteiger partial charge in [0.2, 0.25) is 0 Å². The highest BCUT2D eigenvalue weighted by molar-refractivity contribution is 6.65. The Morgan fingerprint density at radius 1 is 1.16 bits per heavy atom. The van der Waals surface area contributed by atoms with E-state index < -0.39 is 0 Å². The molecule has 0 aliphatic carbocycles. The molecule has 0 saturated heterocycles. The Balaban J connectivity index is -0.0000000561. The van der Waals surface area contributed by atoms with E-state index in [1.54, 1.807) is 6.07 Å². The van der Waals surface area contributed by atoms with Gasteiger partial charge in [0, 0.05) is 25.5 Å². The summed E-state index contributed by atoms with van der Waals surface area (Å²) in [6.07, 6.45) is 7.75. The smallest absolute Gasteiger partial charge is 0.373 e. The summed E-state index contributed by atoms with van der Waals surface area (Å²) in [4.78, 5) is 43.0. The van der Waals surface area contributed by atoms with Crippen LogP contribution in [0.1, 0.15) is 69.8 Å². The fourth-order valence-corrected chi connectivity index (χ4v) is 0.793. The lowest BCUT2D eigenvalue weighted by Gasteiger charge is -1.78. The summed E-state index contributed by atoms with van der Waals surface area (Å²) in [5, 5.41) is 17.6. The molecule has 1 N–H and O–H groups in total. The minimum Gasteiger partial charge on any atom is -0.410 e. The molecule has 0 aromatic carbocycles. The van der Waals surface area contributed by atoms with Gasteiger partial charge in [-0.15, -0.1) is 12.8 Å². The predicted molar refractivity (Wildman–Crippen MR) is 118 cm³/mol. The summed E-state index contributed by atoms with van der Waals surface area (Å²) in [7, 11) is 0. The van der Waals surface area contributed by atoms with E-state index in [-0.39, 0.29) is 63.7 Å². The highest BCUT2D eigenvalue weighted by Gasteiger charge is 1.98. The molecule has 0 bridgehead atoms. The maximum absolute atomic E-state index is 10.5. The van der Waals surface area contributed by atoms with E-state index in [0.29, 0.717) is 6.42 Å². The number of carbonyl (C=O) groups excluding carboxylic acids is 5. The van der Waals surface area contributed by atoms with E-state index in [2.05, 4.69) is 30.9 Å². The summed E-state index contributed by atoms with van der Waals surface area (Å²) in [6.45, 7) is 5.15. The van der Waals surface area contributed by atoms with Gasteiger partial charge in [-0.3, -0.25) is 4.79 Å². The van der Waals surface area contributed by atoms with Crippen molar-refractivity contribution in [3.05, 3.63) is 36.0 Å². The average Bonchev–Trinajstić information content (AvgIpc) is 3.38. The van der Waals surface area contributed by atoms with Gasteiger partial charge in [0.05, 0.1) is 5.69 Å². The first-order valence-electron chi connectivity index (χ1n) is 8.67. The molecule has 0 atom stereocenters. The summed E-state index contributed by atoms with van der Waals surface area (Å²) in [5.74, 6) is -0.183. The molecule has 11 nitrogen and oxygen atoms in total. The molecule has 2 heterocycles. The van der Waals surface area contributed by atoms with E-state index in [1.165, 1.54) is 19.4 Å². The van der Waals surface area contributed by atoms with Crippen LogP contribution in [0.15, 0.2) is 38.8 Å². The summed E-state index contributed by atoms with van der Waals surface area (Å²) in [6, 6.07) is 2.89. The molecule has 0 unspecified atom stereocenters. The molecule has 0 aliphatic rings.